The van der Waals surface area contributed by atoms with E-state index in [1.807, 2.05) is 13.3 Å². The molecule has 2 N–H and O–H groups in total. The molecule has 2 rings (SSSR count). The first-order valence-corrected chi connectivity index (χ1v) is 5.81. The van der Waals surface area contributed by atoms with Crippen molar-refractivity contribution >= 4 is 11.8 Å². The van der Waals surface area contributed by atoms with Gasteiger partial charge in [-0.25, -0.2) is 0 Å². The third-order valence-corrected chi connectivity index (χ3v) is 2.96. The van der Waals surface area contributed by atoms with Crippen LogP contribution in [0.1, 0.15) is 0 Å². The van der Waals surface area contributed by atoms with Crippen molar-refractivity contribution in [2.45, 2.75) is 5.16 Å². The summed E-state index contributed by atoms with van der Waals surface area (Å²) >= 11 is 1.48. The first-order chi connectivity index (χ1) is 7.63. The minimum absolute atomic E-state index is 0.0110. The van der Waals surface area contributed by atoms with Gasteiger partial charge >= 0.3 is 0 Å². The second-order valence-electron chi connectivity index (χ2n) is 3.27. The highest BCUT2D eigenvalue weighted by molar-refractivity contribution is 7.98. The Balaban J connectivity index is 2.54. The molecule has 0 aliphatic heterocycles. The average Bonchev–Trinajstić information content (AvgIpc) is 2.60. The summed E-state index contributed by atoms with van der Waals surface area (Å²) in [5.41, 5.74) is 0.549. The first kappa shape index (κ1) is 10.8. The maximum atomic E-state index is 9.70. The lowest BCUT2D eigenvalue weighted by Crippen LogP contribution is -1.94. The summed E-state index contributed by atoms with van der Waals surface area (Å²) in [6.07, 6.45) is 1.91. The van der Waals surface area contributed by atoms with Crippen LogP contribution < -0.4 is 0 Å². The Kier molecular flexibility index (Phi) is 2.74. The second-order valence-corrected chi connectivity index (χ2v) is 4.04. The molecule has 0 saturated carbocycles. The van der Waals surface area contributed by atoms with Gasteiger partial charge in [-0.2, -0.15) is 0 Å². The Hall–Kier alpha value is -1.69. The number of rotatable bonds is 2. The number of aromatic hydroxyl groups is 2. The van der Waals surface area contributed by atoms with E-state index in [9.17, 15) is 10.2 Å². The predicted molar refractivity (Wildman–Crippen MR) is 61.5 cm³/mol. The van der Waals surface area contributed by atoms with Gasteiger partial charge in [-0.15, -0.1) is 10.2 Å². The van der Waals surface area contributed by atoms with Gasteiger partial charge in [-0.1, -0.05) is 11.8 Å². The highest BCUT2D eigenvalue weighted by Crippen LogP contribution is 2.31. The number of hydrogen-bond acceptors (Lipinski definition) is 5. The quantitative estimate of drug-likeness (QED) is 0.776. The van der Waals surface area contributed by atoms with Gasteiger partial charge in [-0.05, 0) is 18.4 Å². The molecular weight excluding hydrogens is 226 g/mol. The normalized spacial score (nSPS) is 10.6. The number of thioether (sulfide) groups is 1. The third-order valence-electron chi connectivity index (χ3n) is 2.24. The van der Waals surface area contributed by atoms with Crippen LogP contribution in [0.4, 0.5) is 0 Å². The molecule has 84 valence electrons. The molecule has 0 aliphatic carbocycles. The molecule has 0 unspecified atom stereocenters. The molecule has 1 heterocycles. The molecule has 0 saturated heterocycles. The summed E-state index contributed by atoms with van der Waals surface area (Å²) < 4.78 is 1.79. The molecule has 0 aliphatic rings. The highest BCUT2D eigenvalue weighted by atomic mass is 32.2. The van der Waals surface area contributed by atoms with E-state index in [1.54, 1.807) is 10.6 Å². The maximum absolute atomic E-state index is 9.70. The van der Waals surface area contributed by atoms with E-state index in [0.717, 1.165) is 5.16 Å². The number of nitrogens with zero attached hydrogens (tertiary/aromatic N) is 3. The zero-order valence-corrected chi connectivity index (χ0v) is 9.69. The molecular formula is C10H11N3O2S. The summed E-state index contributed by atoms with van der Waals surface area (Å²) in [4.78, 5) is 0. The largest absolute Gasteiger partial charge is 0.508 e. The van der Waals surface area contributed by atoms with Crippen LogP contribution >= 0.6 is 11.8 Å². The van der Waals surface area contributed by atoms with Gasteiger partial charge in [0, 0.05) is 13.1 Å². The fourth-order valence-electron chi connectivity index (χ4n) is 1.44. The topological polar surface area (TPSA) is 71.2 Å². The van der Waals surface area contributed by atoms with E-state index in [0.29, 0.717) is 11.4 Å². The highest BCUT2D eigenvalue weighted by Gasteiger charge is 2.13. The Morgan fingerprint density at radius 1 is 1.25 bits per heavy atom. The lowest BCUT2D eigenvalue weighted by Gasteiger charge is -2.04. The van der Waals surface area contributed by atoms with Crippen LogP contribution in [0, 0.1) is 0 Å². The minimum atomic E-state index is -0.0110. The van der Waals surface area contributed by atoms with E-state index in [4.69, 9.17) is 0 Å². The number of phenolic OH excluding ortho intramolecular Hbond substituents is 2. The smallest absolute Gasteiger partial charge is 0.190 e. The van der Waals surface area contributed by atoms with Gasteiger partial charge in [0.2, 0.25) is 0 Å². The van der Waals surface area contributed by atoms with Crippen molar-refractivity contribution in [2.75, 3.05) is 6.26 Å². The minimum Gasteiger partial charge on any atom is -0.508 e. The summed E-state index contributed by atoms with van der Waals surface area (Å²) in [6, 6.07) is 4.39. The molecule has 0 spiro atoms. The van der Waals surface area contributed by atoms with Gasteiger partial charge in [0.25, 0.3) is 0 Å². The van der Waals surface area contributed by atoms with Crippen LogP contribution in [0.15, 0.2) is 23.4 Å². The van der Waals surface area contributed by atoms with Crippen molar-refractivity contribution in [1.82, 2.24) is 14.8 Å². The van der Waals surface area contributed by atoms with Crippen molar-refractivity contribution < 1.29 is 10.2 Å². The Morgan fingerprint density at radius 2 is 2.00 bits per heavy atom. The fraction of sp³-hybridized carbons (Fsp3) is 0.200. The summed E-state index contributed by atoms with van der Waals surface area (Å²) in [5, 5.41) is 27.6. The molecule has 1 aromatic heterocycles. The van der Waals surface area contributed by atoms with Gasteiger partial charge in [-0.3, -0.25) is 0 Å². The first-order valence-electron chi connectivity index (χ1n) is 4.59. The molecule has 0 fully saturated rings. The zero-order chi connectivity index (χ0) is 11.7. The number of aromatic nitrogens is 3. The molecule has 0 radical (unpaired) electrons. The second kappa shape index (κ2) is 4.05. The Labute approximate surface area is 96.8 Å². The lowest BCUT2D eigenvalue weighted by atomic mass is 10.2. The van der Waals surface area contributed by atoms with Crippen molar-refractivity contribution in [2.24, 2.45) is 7.05 Å². The van der Waals surface area contributed by atoms with Crippen LogP contribution in [-0.4, -0.2) is 31.2 Å². The molecule has 1 aromatic carbocycles. The summed E-state index contributed by atoms with van der Waals surface area (Å²) in [6.45, 7) is 0. The number of benzene rings is 1. The van der Waals surface area contributed by atoms with Crippen molar-refractivity contribution in [3.63, 3.8) is 0 Å². The SMILES string of the molecule is CSc1nnc(-c2ccc(O)cc2O)n1C. The molecule has 5 nitrogen and oxygen atoms in total. The summed E-state index contributed by atoms with van der Waals surface area (Å²) in [5.74, 6) is 0.582. The van der Waals surface area contributed by atoms with Crippen LogP contribution in [0.2, 0.25) is 0 Å². The van der Waals surface area contributed by atoms with Gasteiger partial charge in [0.05, 0.1) is 5.56 Å². The molecule has 2 aromatic rings. The van der Waals surface area contributed by atoms with Crippen LogP contribution in [-0.2, 0) is 7.05 Å². The monoisotopic (exact) mass is 237 g/mol. The van der Waals surface area contributed by atoms with Gasteiger partial charge in [0.1, 0.15) is 11.5 Å². The maximum Gasteiger partial charge on any atom is 0.190 e. The molecule has 16 heavy (non-hydrogen) atoms. The van der Waals surface area contributed by atoms with Crippen molar-refractivity contribution in [1.29, 1.82) is 0 Å². The lowest BCUT2D eigenvalue weighted by molar-refractivity contribution is 0.451. The van der Waals surface area contributed by atoms with Crippen molar-refractivity contribution in [3.05, 3.63) is 18.2 Å². The number of hydrogen-bond donors (Lipinski definition) is 2. The van der Waals surface area contributed by atoms with E-state index in [1.165, 1.54) is 23.9 Å². The van der Waals surface area contributed by atoms with E-state index >= 15 is 0 Å². The Morgan fingerprint density at radius 3 is 2.56 bits per heavy atom. The zero-order valence-electron chi connectivity index (χ0n) is 8.88. The Bertz CT molecular complexity index is 525. The molecule has 0 atom stereocenters. The van der Waals surface area contributed by atoms with Crippen LogP contribution in [0.5, 0.6) is 11.5 Å². The molecule has 0 amide bonds. The fourth-order valence-corrected chi connectivity index (χ4v) is 1.92. The summed E-state index contributed by atoms with van der Waals surface area (Å²) in [7, 11) is 1.83. The van der Waals surface area contributed by atoms with Crippen molar-refractivity contribution in [3.8, 4) is 22.9 Å². The van der Waals surface area contributed by atoms with Crippen LogP contribution in [0.25, 0.3) is 11.4 Å². The number of phenols is 2. The average molecular weight is 237 g/mol. The van der Waals surface area contributed by atoms with Gasteiger partial charge in [0.15, 0.2) is 11.0 Å². The van der Waals surface area contributed by atoms with E-state index < -0.39 is 0 Å². The standard InChI is InChI=1S/C10H11N3O2S/c1-13-9(11-12-10(13)16-2)7-4-3-6(14)5-8(7)15/h3-5,14-15H,1-2H3. The molecule has 0 bridgehead atoms. The van der Waals surface area contributed by atoms with Crippen LogP contribution in [0.3, 0.4) is 0 Å². The predicted octanol–water partition coefficient (Wildman–Crippen LogP) is 1.62. The van der Waals surface area contributed by atoms with Gasteiger partial charge < -0.3 is 14.8 Å². The van der Waals surface area contributed by atoms with E-state index in [2.05, 4.69) is 10.2 Å². The third kappa shape index (κ3) is 1.71. The molecule has 6 heteroatoms. The van der Waals surface area contributed by atoms with E-state index in [-0.39, 0.29) is 11.5 Å².